The summed E-state index contributed by atoms with van der Waals surface area (Å²) in [6.45, 7) is 6.39. The molecule has 0 spiro atoms. The van der Waals surface area contributed by atoms with E-state index in [1.165, 1.54) is 18.3 Å². The molecule has 2 aromatic rings. The van der Waals surface area contributed by atoms with E-state index in [1.807, 2.05) is 6.07 Å². The fourth-order valence-corrected chi connectivity index (χ4v) is 3.58. The van der Waals surface area contributed by atoms with Gasteiger partial charge in [-0.2, -0.15) is 0 Å². The van der Waals surface area contributed by atoms with Gasteiger partial charge >= 0.3 is 5.97 Å². The summed E-state index contributed by atoms with van der Waals surface area (Å²) in [6.07, 6.45) is 0. The number of nitrogen functional groups attached to an aromatic ring is 1. The third kappa shape index (κ3) is 4.96. The molecule has 0 atom stereocenters. The maximum atomic E-state index is 11.9. The van der Waals surface area contributed by atoms with E-state index < -0.39 is 11.6 Å². The van der Waals surface area contributed by atoms with E-state index >= 15 is 0 Å². The van der Waals surface area contributed by atoms with E-state index in [-0.39, 0.29) is 23.2 Å². The Morgan fingerprint density at radius 1 is 1.28 bits per heavy atom. The fourth-order valence-electron chi connectivity index (χ4n) is 2.12. The van der Waals surface area contributed by atoms with Crippen LogP contribution in [0.15, 0.2) is 24.3 Å². The average molecular weight is 382 g/mol. The maximum Gasteiger partial charge on any atom is 0.344 e. The largest absolute Gasteiger partial charge is 0.479 e. The quantitative estimate of drug-likeness (QED) is 0.466. The Hall–Kier alpha value is -2.05. The summed E-state index contributed by atoms with van der Waals surface area (Å²) < 4.78 is 10.7. The summed E-state index contributed by atoms with van der Waals surface area (Å²) in [7, 11) is 0. The van der Waals surface area contributed by atoms with Gasteiger partial charge in [0.1, 0.15) is 15.5 Å². The van der Waals surface area contributed by atoms with E-state index in [0.717, 1.165) is 5.56 Å². The van der Waals surface area contributed by atoms with Crippen molar-refractivity contribution >= 4 is 40.4 Å². The number of ketones is 1. The predicted octanol–water partition coefficient (Wildman–Crippen LogP) is 4.57. The van der Waals surface area contributed by atoms with Gasteiger partial charge in [0, 0.05) is 12.6 Å². The molecule has 0 fully saturated rings. The summed E-state index contributed by atoms with van der Waals surface area (Å²) in [4.78, 5) is 24.8. The molecular formula is C18H20ClNO4S. The van der Waals surface area contributed by atoms with Crippen LogP contribution in [0.3, 0.4) is 0 Å². The molecule has 7 heteroatoms. The first kappa shape index (κ1) is 19.3. The molecule has 0 saturated carbocycles. The maximum absolute atomic E-state index is 11.9. The van der Waals surface area contributed by atoms with Crippen molar-refractivity contribution in [2.75, 3.05) is 12.3 Å². The third-order valence-corrected chi connectivity index (χ3v) is 4.83. The molecule has 0 aliphatic carbocycles. The molecule has 1 aromatic carbocycles. The predicted molar refractivity (Wildman–Crippen MR) is 101 cm³/mol. The van der Waals surface area contributed by atoms with Gasteiger partial charge < -0.3 is 15.2 Å². The molecule has 2 N–H and O–H groups in total. The number of benzene rings is 1. The highest BCUT2D eigenvalue weighted by atomic mass is 35.5. The summed E-state index contributed by atoms with van der Waals surface area (Å²) in [6, 6.07) is 7.17. The van der Waals surface area contributed by atoms with Gasteiger partial charge in [-0.3, -0.25) is 4.79 Å². The lowest BCUT2D eigenvalue weighted by atomic mass is 10.1. The van der Waals surface area contributed by atoms with E-state index in [0.29, 0.717) is 15.4 Å². The van der Waals surface area contributed by atoms with Gasteiger partial charge in [0.25, 0.3) is 0 Å². The SMILES string of the molecule is CC(=O)c1sc(-c2cccc(N)c2)c(Cl)c1OCC(=O)OC(C)(C)C. The standard InChI is InChI=1S/C18H20ClNO4S/c1-10(21)16-15(23-9-13(22)24-18(2,3)4)14(19)17(25-16)11-6-5-7-12(20)8-11/h5-8H,9,20H2,1-4H3. The number of carbonyl (C=O) groups is 2. The van der Waals surface area contributed by atoms with Crippen molar-refractivity contribution in [1.82, 2.24) is 0 Å². The van der Waals surface area contributed by atoms with Crippen LogP contribution in [0.5, 0.6) is 5.75 Å². The van der Waals surface area contributed by atoms with Crippen molar-refractivity contribution < 1.29 is 19.1 Å². The van der Waals surface area contributed by atoms with Gasteiger partial charge in [0.05, 0.1) is 4.88 Å². The van der Waals surface area contributed by atoms with Gasteiger partial charge in [0.2, 0.25) is 0 Å². The highest BCUT2D eigenvalue weighted by Crippen LogP contribution is 2.45. The first-order chi connectivity index (χ1) is 11.6. The number of esters is 1. The van der Waals surface area contributed by atoms with Crippen LogP contribution in [0.4, 0.5) is 5.69 Å². The van der Waals surface area contributed by atoms with Crippen molar-refractivity contribution in [3.8, 4) is 16.2 Å². The molecule has 0 aliphatic rings. The van der Waals surface area contributed by atoms with Crippen LogP contribution in [0, 0.1) is 0 Å². The minimum atomic E-state index is -0.616. The summed E-state index contributed by atoms with van der Waals surface area (Å²) in [5, 5.41) is 0.282. The number of anilines is 1. The van der Waals surface area contributed by atoms with Gasteiger partial charge in [-0.1, -0.05) is 23.7 Å². The molecule has 25 heavy (non-hydrogen) atoms. The van der Waals surface area contributed by atoms with Crippen LogP contribution < -0.4 is 10.5 Å². The molecule has 5 nitrogen and oxygen atoms in total. The molecule has 1 aromatic heterocycles. The van der Waals surface area contributed by atoms with Crippen LogP contribution in [-0.4, -0.2) is 24.0 Å². The number of hydrogen-bond acceptors (Lipinski definition) is 6. The number of rotatable bonds is 5. The Balaban J connectivity index is 2.31. The van der Waals surface area contributed by atoms with Crippen LogP contribution in [-0.2, 0) is 9.53 Å². The molecule has 0 amide bonds. The van der Waals surface area contributed by atoms with Gasteiger partial charge in [-0.15, -0.1) is 11.3 Å². The zero-order valence-electron chi connectivity index (χ0n) is 14.5. The van der Waals surface area contributed by atoms with E-state index in [9.17, 15) is 9.59 Å². The van der Waals surface area contributed by atoms with E-state index in [2.05, 4.69) is 0 Å². The molecule has 0 bridgehead atoms. The number of hydrogen-bond donors (Lipinski definition) is 1. The van der Waals surface area contributed by atoms with Crippen LogP contribution >= 0.6 is 22.9 Å². The number of Topliss-reactive ketones (excluding diaryl/α,β-unsaturated/α-hetero) is 1. The lowest BCUT2D eigenvalue weighted by Gasteiger charge is -2.19. The molecule has 1 heterocycles. The topological polar surface area (TPSA) is 78.6 Å². The Morgan fingerprint density at radius 3 is 2.52 bits per heavy atom. The second-order valence-electron chi connectivity index (χ2n) is 6.46. The third-order valence-electron chi connectivity index (χ3n) is 3.03. The normalized spacial score (nSPS) is 11.2. The summed E-state index contributed by atoms with van der Waals surface area (Å²) in [5.74, 6) is -0.529. The Bertz CT molecular complexity index is 808. The fraction of sp³-hybridized carbons (Fsp3) is 0.333. The second kappa shape index (κ2) is 7.45. The molecule has 0 aliphatic heterocycles. The van der Waals surface area contributed by atoms with E-state index in [1.54, 1.807) is 39.0 Å². The smallest absolute Gasteiger partial charge is 0.344 e. The van der Waals surface area contributed by atoms with Gasteiger partial charge in [-0.05, 0) is 38.5 Å². The monoisotopic (exact) mass is 381 g/mol. The molecule has 0 radical (unpaired) electrons. The van der Waals surface area contributed by atoms with Crippen molar-refractivity contribution in [2.24, 2.45) is 0 Å². The van der Waals surface area contributed by atoms with Gasteiger partial charge in [0.15, 0.2) is 18.1 Å². The number of ether oxygens (including phenoxy) is 2. The van der Waals surface area contributed by atoms with E-state index in [4.69, 9.17) is 26.8 Å². The minimum Gasteiger partial charge on any atom is -0.479 e. The number of nitrogens with two attached hydrogens (primary N) is 1. The minimum absolute atomic E-state index is 0.193. The zero-order chi connectivity index (χ0) is 18.8. The number of halogens is 1. The van der Waals surface area contributed by atoms with Crippen molar-refractivity contribution in [3.05, 3.63) is 34.2 Å². The van der Waals surface area contributed by atoms with Gasteiger partial charge in [-0.25, -0.2) is 4.79 Å². The van der Waals surface area contributed by atoms with Crippen molar-refractivity contribution in [1.29, 1.82) is 0 Å². The molecule has 2 rings (SSSR count). The Labute approximate surface area is 155 Å². The summed E-state index contributed by atoms with van der Waals surface area (Å²) in [5.41, 5.74) is 6.56. The lowest BCUT2D eigenvalue weighted by Crippen LogP contribution is -2.27. The summed E-state index contributed by atoms with van der Waals surface area (Å²) >= 11 is 7.62. The average Bonchev–Trinajstić information content (AvgIpc) is 2.80. The van der Waals surface area contributed by atoms with Crippen LogP contribution in [0.1, 0.15) is 37.4 Å². The molecule has 0 unspecified atom stereocenters. The Morgan fingerprint density at radius 2 is 1.96 bits per heavy atom. The van der Waals surface area contributed by atoms with Crippen LogP contribution in [0.25, 0.3) is 10.4 Å². The first-order valence-corrected chi connectivity index (χ1v) is 8.81. The number of thiophene rings is 1. The zero-order valence-corrected chi connectivity index (χ0v) is 16.1. The second-order valence-corrected chi connectivity index (χ2v) is 7.86. The highest BCUT2D eigenvalue weighted by molar-refractivity contribution is 7.18. The lowest BCUT2D eigenvalue weighted by molar-refractivity contribution is -0.157. The molecule has 0 saturated heterocycles. The van der Waals surface area contributed by atoms with Crippen molar-refractivity contribution in [2.45, 2.75) is 33.3 Å². The Kier molecular flexibility index (Phi) is 5.75. The highest BCUT2D eigenvalue weighted by Gasteiger charge is 2.24. The molecule has 134 valence electrons. The first-order valence-electron chi connectivity index (χ1n) is 7.62. The number of carbonyl (C=O) groups excluding carboxylic acids is 2. The van der Waals surface area contributed by atoms with Crippen LogP contribution in [0.2, 0.25) is 5.02 Å². The molecular weight excluding hydrogens is 362 g/mol. The van der Waals surface area contributed by atoms with Crippen molar-refractivity contribution in [3.63, 3.8) is 0 Å².